The lowest BCUT2D eigenvalue weighted by Crippen LogP contribution is -1.94. The second-order valence-electron chi connectivity index (χ2n) is 4.42. The predicted molar refractivity (Wildman–Crippen MR) is 70.7 cm³/mol. The zero-order chi connectivity index (χ0) is 12.7. The number of Topliss-reactive ketones (excluding diaryl/α,β-unsaturated/α-hetero) is 1. The molecular formula is C14H11ClN2O. The Morgan fingerprint density at radius 1 is 1.44 bits per heavy atom. The fourth-order valence-electron chi connectivity index (χ4n) is 2.22. The summed E-state index contributed by atoms with van der Waals surface area (Å²) < 4.78 is 1.72. The van der Waals surface area contributed by atoms with Crippen molar-refractivity contribution in [3.63, 3.8) is 0 Å². The molecule has 0 N–H and O–H groups in total. The molecule has 0 radical (unpaired) electrons. The molecule has 0 saturated heterocycles. The topological polar surface area (TPSA) is 34.9 Å². The Kier molecular flexibility index (Phi) is 2.56. The Labute approximate surface area is 110 Å². The first-order chi connectivity index (χ1) is 8.63. The molecule has 18 heavy (non-hydrogen) atoms. The summed E-state index contributed by atoms with van der Waals surface area (Å²) in [6.45, 7) is 0. The van der Waals surface area contributed by atoms with E-state index in [1.807, 2.05) is 25.4 Å². The fourth-order valence-corrected chi connectivity index (χ4v) is 2.42. The van der Waals surface area contributed by atoms with Gasteiger partial charge >= 0.3 is 0 Å². The SMILES string of the molecule is Cn1cc(/C=C2\Cc3cc(Cl)ccc3C2=O)cn1. The average molecular weight is 259 g/mol. The first-order valence-corrected chi connectivity index (χ1v) is 6.03. The van der Waals surface area contributed by atoms with Crippen molar-refractivity contribution in [1.29, 1.82) is 0 Å². The van der Waals surface area contributed by atoms with E-state index in [-0.39, 0.29) is 5.78 Å². The molecule has 0 bridgehead atoms. The maximum atomic E-state index is 12.2. The normalized spacial score (nSPS) is 16.3. The van der Waals surface area contributed by atoms with Crippen molar-refractivity contribution in [2.75, 3.05) is 0 Å². The molecule has 0 fully saturated rings. The van der Waals surface area contributed by atoms with E-state index in [1.165, 1.54) is 0 Å². The highest BCUT2D eigenvalue weighted by molar-refractivity contribution is 6.31. The lowest BCUT2D eigenvalue weighted by Gasteiger charge is -1.95. The average Bonchev–Trinajstić information content (AvgIpc) is 2.85. The zero-order valence-corrected chi connectivity index (χ0v) is 10.6. The van der Waals surface area contributed by atoms with Gasteiger partial charge in [-0.25, -0.2) is 0 Å². The van der Waals surface area contributed by atoms with E-state index in [9.17, 15) is 4.79 Å². The van der Waals surface area contributed by atoms with Gasteiger partial charge in [-0.05, 0) is 29.8 Å². The Balaban J connectivity index is 1.99. The number of aryl methyl sites for hydroxylation is 1. The van der Waals surface area contributed by atoms with E-state index in [1.54, 1.807) is 23.0 Å². The number of hydrogen-bond acceptors (Lipinski definition) is 2. The first kappa shape index (κ1) is 11.2. The number of carbonyl (C=O) groups is 1. The van der Waals surface area contributed by atoms with Crippen LogP contribution in [-0.2, 0) is 13.5 Å². The molecular weight excluding hydrogens is 248 g/mol. The van der Waals surface area contributed by atoms with Gasteiger partial charge in [0.2, 0.25) is 0 Å². The summed E-state index contributed by atoms with van der Waals surface area (Å²) in [4.78, 5) is 12.2. The maximum absolute atomic E-state index is 12.2. The van der Waals surface area contributed by atoms with E-state index >= 15 is 0 Å². The Morgan fingerprint density at radius 3 is 3.00 bits per heavy atom. The van der Waals surface area contributed by atoms with E-state index in [0.717, 1.165) is 22.3 Å². The minimum absolute atomic E-state index is 0.0884. The van der Waals surface area contributed by atoms with Gasteiger partial charge in [-0.3, -0.25) is 9.48 Å². The number of halogens is 1. The maximum Gasteiger partial charge on any atom is 0.189 e. The Hall–Kier alpha value is -1.87. The van der Waals surface area contributed by atoms with Gasteiger partial charge < -0.3 is 0 Å². The quantitative estimate of drug-likeness (QED) is 0.737. The summed E-state index contributed by atoms with van der Waals surface area (Å²) in [6, 6.07) is 5.41. The van der Waals surface area contributed by atoms with Crippen LogP contribution in [0.1, 0.15) is 21.5 Å². The molecule has 1 aliphatic carbocycles. The van der Waals surface area contributed by atoms with Crippen molar-refractivity contribution in [3.8, 4) is 0 Å². The number of nitrogens with zero attached hydrogens (tertiary/aromatic N) is 2. The molecule has 3 rings (SSSR count). The number of aromatic nitrogens is 2. The highest BCUT2D eigenvalue weighted by Crippen LogP contribution is 2.29. The van der Waals surface area contributed by atoms with Gasteiger partial charge in [-0.15, -0.1) is 0 Å². The summed E-state index contributed by atoms with van der Waals surface area (Å²) in [6.07, 6.45) is 6.17. The third-order valence-corrected chi connectivity index (χ3v) is 3.29. The Bertz CT molecular complexity index is 670. The van der Waals surface area contributed by atoms with Gasteiger partial charge in [-0.2, -0.15) is 5.10 Å². The molecule has 3 nitrogen and oxygen atoms in total. The minimum Gasteiger partial charge on any atom is -0.289 e. The van der Waals surface area contributed by atoms with Crippen LogP contribution in [-0.4, -0.2) is 15.6 Å². The molecule has 0 saturated carbocycles. The van der Waals surface area contributed by atoms with Crippen LogP contribution in [0.15, 0.2) is 36.2 Å². The molecule has 1 aromatic carbocycles. The van der Waals surface area contributed by atoms with E-state index in [0.29, 0.717) is 11.4 Å². The summed E-state index contributed by atoms with van der Waals surface area (Å²) in [5, 5.41) is 4.76. The number of hydrogen-bond donors (Lipinski definition) is 0. The summed E-state index contributed by atoms with van der Waals surface area (Å²) in [5.41, 5.74) is 3.50. The van der Waals surface area contributed by atoms with Crippen LogP contribution in [0.5, 0.6) is 0 Å². The highest BCUT2D eigenvalue weighted by atomic mass is 35.5. The number of fused-ring (bicyclic) bond motifs is 1. The van der Waals surface area contributed by atoms with E-state index in [2.05, 4.69) is 5.10 Å². The van der Waals surface area contributed by atoms with Crippen molar-refractivity contribution >= 4 is 23.5 Å². The molecule has 2 aromatic rings. The van der Waals surface area contributed by atoms with Gasteiger partial charge in [0.15, 0.2) is 5.78 Å². The number of ketones is 1. The summed E-state index contributed by atoms with van der Waals surface area (Å²) in [7, 11) is 1.85. The third-order valence-electron chi connectivity index (χ3n) is 3.05. The number of rotatable bonds is 1. The van der Waals surface area contributed by atoms with Crippen LogP contribution in [0.3, 0.4) is 0 Å². The van der Waals surface area contributed by atoms with Crippen molar-refractivity contribution in [2.45, 2.75) is 6.42 Å². The molecule has 4 heteroatoms. The van der Waals surface area contributed by atoms with Crippen LogP contribution in [0.25, 0.3) is 6.08 Å². The van der Waals surface area contributed by atoms with Gasteiger partial charge in [0.1, 0.15) is 0 Å². The molecule has 1 aliphatic rings. The van der Waals surface area contributed by atoms with Gasteiger partial charge in [-0.1, -0.05) is 11.6 Å². The zero-order valence-electron chi connectivity index (χ0n) is 9.85. The molecule has 0 atom stereocenters. The van der Waals surface area contributed by atoms with Crippen molar-refractivity contribution in [3.05, 3.63) is 57.9 Å². The second kappa shape index (κ2) is 4.10. The lowest BCUT2D eigenvalue weighted by molar-refractivity contribution is 0.104. The predicted octanol–water partition coefficient (Wildman–Crippen LogP) is 2.90. The molecule has 90 valence electrons. The van der Waals surface area contributed by atoms with E-state index < -0.39 is 0 Å². The Morgan fingerprint density at radius 2 is 2.28 bits per heavy atom. The molecule has 0 spiro atoms. The van der Waals surface area contributed by atoms with Crippen molar-refractivity contribution in [2.24, 2.45) is 7.05 Å². The fraction of sp³-hybridized carbons (Fsp3) is 0.143. The highest BCUT2D eigenvalue weighted by Gasteiger charge is 2.24. The van der Waals surface area contributed by atoms with Gasteiger partial charge in [0.05, 0.1) is 6.20 Å². The third kappa shape index (κ3) is 1.87. The summed E-state index contributed by atoms with van der Waals surface area (Å²) in [5.74, 6) is 0.0884. The van der Waals surface area contributed by atoms with Crippen molar-refractivity contribution < 1.29 is 4.79 Å². The molecule has 0 unspecified atom stereocenters. The number of allylic oxidation sites excluding steroid dienone is 1. The van der Waals surface area contributed by atoms with Gasteiger partial charge in [0, 0.05) is 41.4 Å². The number of carbonyl (C=O) groups excluding carboxylic acids is 1. The van der Waals surface area contributed by atoms with E-state index in [4.69, 9.17) is 11.6 Å². The lowest BCUT2D eigenvalue weighted by atomic mass is 10.1. The monoisotopic (exact) mass is 258 g/mol. The smallest absolute Gasteiger partial charge is 0.189 e. The molecule has 0 aliphatic heterocycles. The summed E-state index contributed by atoms with van der Waals surface area (Å²) >= 11 is 5.94. The van der Waals surface area contributed by atoms with Crippen LogP contribution < -0.4 is 0 Å². The minimum atomic E-state index is 0.0884. The van der Waals surface area contributed by atoms with Crippen LogP contribution in [0, 0.1) is 0 Å². The van der Waals surface area contributed by atoms with Crippen LogP contribution >= 0.6 is 11.6 Å². The van der Waals surface area contributed by atoms with Crippen LogP contribution in [0.2, 0.25) is 5.02 Å². The second-order valence-corrected chi connectivity index (χ2v) is 4.86. The standard InChI is InChI=1S/C14H11ClN2O/c1-17-8-9(7-16-17)4-11-5-10-6-12(15)2-3-13(10)14(11)18/h2-4,6-8H,5H2,1H3/b11-4+. The van der Waals surface area contributed by atoms with Crippen LogP contribution in [0.4, 0.5) is 0 Å². The first-order valence-electron chi connectivity index (χ1n) is 5.66. The largest absolute Gasteiger partial charge is 0.289 e. The molecule has 0 amide bonds. The van der Waals surface area contributed by atoms with Crippen molar-refractivity contribution in [1.82, 2.24) is 9.78 Å². The molecule has 1 aromatic heterocycles. The van der Waals surface area contributed by atoms with Gasteiger partial charge in [0.25, 0.3) is 0 Å². The molecule has 1 heterocycles. The number of benzene rings is 1.